The molecule has 0 radical (unpaired) electrons. The molecule has 38 heavy (non-hydrogen) atoms. The highest BCUT2D eigenvalue weighted by Crippen LogP contribution is 2.34. The first-order chi connectivity index (χ1) is 18.3. The van der Waals surface area contributed by atoms with E-state index in [0.717, 1.165) is 41.7 Å². The molecular formula is C31H39NO6. The SMILES string of the molecule is CCCCCCOc1ccccc1C(O)(O)N(C(=O)c1ccc(-c2ccccc2)cc1)C(C)CC.O=CO. The first-order valence-electron chi connectivity index (χ1n) is 13.1. The summed E-state index contributed by atoms with van der Waals surface area (Å²) in [6, 6.07) is 23.5. The summed E-state index contributed by atoms with van der Waals surface area (Å²) in [5, 5.41) is 29.7. The van der Waals surface area contributed by atoms with Crippen molar-refractivity contribution < 1.29 is 29.6 Å². The van der Waals surface area contributed by atoms with Crippen molar-refractivity contribution in [2.75, 3.05) is 6.61 Å². The molecule has 0 aromatic heterocycles. The highest BCUT2D eigenvalue weighted by atomic mass is 16.5. The fourth-order valence-electron chi connectivity index (χ4n) is 4.12. The van der Waals surface area contributed by atoms with Crippen LogP contribution in [0.5, 0.6) is 5.75 Å². The largest absolute Gasteiger partial charge is 0.493 e. The van der Waals surface area contributed by atoms with Gasteiger partial charge in [0, 0.05) is 11.6 Å². The molecule has 1 atom stereocenters. The summed E-state index contributed by atoms with van der Waals surface area (Å²) in [4.78, 5) is 23.1. The molecule has 3 aromatic rings. The van der Waals surface area contributed by atoms with Crippen LogP contribution < -0.4 is 4.74 Å². The van der Waals surface area contributed by atoms with E-state index in [2.05, 4.69) is 6.92 Å². The number of ether oxygens (including phenoxy) is 1. The number of aliphatic hydroxyl groups is 2. The lowest BCUT2D eigenvalue weighted by molar-refractivity contribution is -0.266. The number of carbonyl (C=O) groups is 2. The quantitative estimate of drug-likeness (QED) is 0.152. The zero-order valence-electron chi connectivity index (χ0n) is 22.4. The molecule has 0 aliphatic heterocycles. The Morgan fingerprint density at radius 2 is 1.47 bits per heavy atom. The van der Waals surface area contributed by atoms with Gasteiger partial charge in [-0.2, -0.15) is 0 Å². The third-order valence-corrected chi connectivity index (χ3v) is 6.33. The lowest BCUT2D eigenvalue weighted by Crippen LogP contribution is -2.53. The predicted molar refractivity (Wildman–Crippen MR) is 149 cm³/mol. The number of carbonyl (C=O) groups excluding carboxylic acids is 1. The van der Waals surface area contributed by atoms with Crippen LogP contribution in [0, 0.1) is 0 Å². The highest BCUT2D eigenvalue weighted by Gasteiger charge is 2.42. The van der Waals surface area contributed by atoms with Gasteiger partial charge in [0.1, 0.15) is 5.75 Å². The standard InChI is InChI=1S/C30H37NO4.CH2O2/c1-4-6-7-13-22-35-28-17-12-11-16-27(28)30(33,34)31(23(3)5-2)29(32)26-20-18-25(19-21-26)24-14-9-8-10-15-24;2-1-3/h8-12,14-21,23,33-34H,4-7,13,22H2,1-3H3;1H,(H,2,3). The first-order valence-corrected chi connectivity index (χ1v) is 13.1. The van der Waals surface area contributed by atoms with E-state index in [9.17, 15) is 15.0 Å². The Hall–Kier alpha value is -3.68. The van der Waals surface area contributed by atoms with Crippen LogP contribution in [-0.2, 0) is 10.7 Å². The van der Waals surface area contributed by atoms with Crippen LogP contribution in [0.2, 0.25) is 0 Å². The summed E-state index contributed by atoms with van der Waals surface area (Å²) >= 11 is 0. The van der Waals surface area contributed by atoms with Crippen LogP contribution >= 0.6 is 0 Å². The molecule has 0 heterocycles. The average Bonchev–Trinajstić information content (AvgIpc) is 2.94. The van der Waals surface area contributed by atoms with E-state index in [1.54, 1.807) is 36.4 Å². The molecule has 0 fully saturated rings. The summed E-state index contributed by atoms with van der Waals surface area (Å²) in [5.41, 5.74) is 2.58. The number of amides is 1. The van der Waals surface area contributed by atoms with E-state index in [0.29, 0.717) is 24.3 Å². The maximum absolute atomic E-state index is 13.6. The Morgan fingerprint density at radius 3 is 2.08 bits per heavy atom. The summed E-state index contributed by atoms with van der Waals surface area (Å²) in [7, 11) is 0. The molecule has 3 aromatic carbocycles. The van der Waals surface area contributed by atoms with E-state index in [1.807, 2.05) is 56.3 Å². The van der Waals surface area contributed by atoms with Crippen LogP contribution in [0.3, 0.4) is 0 Å². The molecule has 0 saturated heterocycles. The molecule has 1 unspecified atom stereocenters. The summed E-state index contributed by atoms with van der Waals surface area (Å²) < 4.78 is 5.93. The van der Waals surface area contributed by atoms with Gasteiger partial charge in [0.05, 0.1) is 12.2 Å². The number of para-hydroxylation sites is 1. The minimum Gasteiger partial charge on any atom is -0.493 e. The van der Waals surface area contributed by atoms with Gasteiger partial charge in [-0.3, -0.25) is 14.5 Å². The van der Waals surface area contributed by atoms with Gasteiger partial charge >= 0.3 is 0 Å². The molecule has 1 amide bonds. The van der Waals surface area contributed by atoms with Gasteiger partial charge in [-0.1, -0.05) is 87.7 Å². The Balaban J connectivity index is 0.00000161. The van der Waals surface area contributed by atoms with Crippen molar-refractivity contribution in [1.82, 2.24) is 4.90 Å². The summed E-state index contributed by atoms with van der Waals surface area (Å²) in [5.74, 6) is -2.62. The van der Waals surface area contributed by atoms with Gasteiger partial charge in [-0.15, -0.1) is 0 Å². The number of unbranched alkanes of at least 4 members (excludes halogenated alkanes) is 3. The molecule has 0 aliphatic carbocycles. The number of nitrogens with zero attached hydrogens (tertiary/aromatic N) is 1. The normalized spacial score (nSPS) is 11.6. The van der Waals surface area contributed by atoms with Gasteiger partial charge in [0.25, 0.3) is 18.3 Å². The smallest absolute Gasteiger partial charge is 0.290 e. The van der Waals surface area contributed by atoms with E-state index in [-0.39, 0.29) is 12.0 Å². The number of hydrogen-bond acceptors (Lipinski definition) is 5. The molecule has 3 N–H and O–H groups in total. The Labute approximate surface area is 225 Å². The van der Waals surface area contributed by atoms with Crippen molar-refractivity contribution in [2.24, 2.45) is 0 Å². The Kier molecular flexibility index (Phi) is 12.5. The Morgan fingerprint density at radius 1 is 0.895 bits per heavy atom. The van der Waals surface area contributed by atoms with E-state index >= 15 is 0 Å². The molecule has 7 heteroatoms. The lowest BCUT2D eigenvalue weighted by atomic mass is 10.0. The molecule has 0 aliphatic rings. The fourth-order valence-corrected chi connectivity index (χ4v) is 4.12. The monoisotopic (exact) mass is 521 g/mol. The zero-order valence-corrected chi connectivity index (χ0v) is 22.4. The molecule has 0 bridgehead atoms. The molecular weight excluding hydrogens is 482 g/mol. The minimum atomic E-state index is -2.54. The lowest BCUT2D eigenvalue weighted by Gasteiger charge is -2.40. The van der Waals surface area contributed by atoms with Gasteiger partial charge in [-0.05, 0) is 55.2 Å². The van der Waals surface area contributed by atoms with Crippen LogP contribution in [0.4, 0.5) is 0 Å². The van der Waals surface area contributed by atoms with E-state index in [4.69, 9.17) is 14.6 Å². The molecule has 3 rings (SSSR count). The summed E-state index contributed by atoms with van der Waals surface area (Å²) in [6.45, 7) is 6.10. The number of carboxylic acid groups (broad SMARTS) is 1. The fraction of sp³-hybridized carbons (Fsp3) is 0.355. The first kappa shape index (κ1) is 30.5. The number of rotatable bonds is 12. The minimum absolute atomic E-state index is 0.157. The van der Waals surface area contributed by atoms with Gasteiger partial charge < -0.3 is 20.1 Å². The van der Waals surface area contributed by atoms with Gasteiger partial charge in [-0.25, -0.2) is 0 Å². The molecule has 0 saturated carbocycles. The second-order valence-electron chi connectivity index (χ2n) is 9.02. The Bertz CT molecular complexity index is 1110. The average molecular weight is 522 g/mol. The van der Waals surface area contributed by atoms with Crippen LogP contribution in [-0.4, -0.2) is 45.2 Å². The van der Waals surface area contributed by atoms with Crippen LogP contribution in [0.25, 0.3) is 11.1 Å². The van der Waals surface area contributed by atoms with Crippen molar-refractivity contribution in [3.8, 4) is 16.9 Å². The van der Waals surface area contributed by atoms with Crippen molar-refractivity contribution in [3.05, 3.63) is 90.0 Å². The van der Waals surface area contributed by atoms with E-state index < -0.39 is 17.9 Å². The third-order valence-electron chi connectivity index (χ3n) is 6.33. The van der Waals surface area contributed by atoms with Gasteiger partial charge in [0.15, 0.2) is 0 Å². The predicted octanol–water partition coefficient (Wildman–Crippen LogP) is 6.05. The van der Waals surface area contributed by atoms with Crippen LogP contribution in [0.1, 0.15) is 68.8 Å². The van der Waals surface area contributed by atoms with Crippen molar-refractivity contribution >= 4 is 12.4 Å². The van der Waals surface area contributed by atoms with E-state index in [1.165, 1.54) is 0 Å². The van der Waals surface area contributed by atoms with Gasteiger partial charge in [0.2, 0.25) is 0 Å². The topological polar surface area (TPSA) is 107 Å². The number of benzene rings is 3. The maximum atomic E-state index is 13.6. The van der Waals surface area contributed by atoms with Crippen molar-refractivity contribution in [3.63, 3.8) is 0 Å². The van der Waals surface area contributed by atoms with Crippen molar-refractivity contribution in [1.29, 1.82) is 0 Å². The van der Waals surface area contributed by atoms with Crippen LogP contribution in [0.15, 0.2) is 78.9 Å². The molecule has 0 spiro atoms. The highest BCUT2D eigenvalue weighted by molar-refractivity contribution is 5.95. The zero-order chi connectivity index (χ0) is 28.0. The second kappa shape index (κ2) is 15.5. The summed E-state index contributed by atoms with van der Waals surface area (Å²) in [6.07, 6.45) is 4.75. The number of hydrogen-bond donors (Lipinski definition) is 3. The molecule has 7 nitrogen and oxygen atoms in total. The second-order valence-corrected chi connectivity index (χ2v) is 9.02. The maximum Gasteiger partial charge on any atom is 0.290 e. The van der Waals surface area contributed by atoms with Crippen molar-refractivity contribution in [2.45, 2.75) is 64.8 Å². The third kappa shape index (κ3) is 8.16. The molecule has 204 valence electrons.